The fraction of sp³-hybridized carbons (Fsp3) is 0.724. The van der Waals surface area contributed by atoms with E-state index in [9.17, 15) is 44.1 Å². The second-order valence-electron chi connectivity index (χ2n) is 12.8. The monoisotopic (exact) mass is 610 g/mol. The van der Waals surface area contributed by atoms with Crippen LogP contribution in [-0.2, 0) is 52.5 Å². The molecule has 2 aliphatic carbocycles. The second-order valence-corrected chi connectivity index (χ2v) is 12.8. The van der Waals surface area contributed by atoms with Gasteiger partial charge in [0.2, 0.25) is 11.7 Å². The number of ether oxygens (including phenoxy) is 5. The van der Waals surface area contributed by atoms with E-state index in [0.717, 1.165) is 13.2 Å². The summed E-state index contributed by atoms with van der Waals surface area (Å²) in [7, 11) is 1.01. The molecule has 2 saturated heterocycles. The van der Waals surface area contributed by atoms with Crippen molar-refractivity contribution in [1.29, 1.82) is 0 Å². The van der Waals surface area contributed by atoms with Crippen LogP contribution in [0.15, 0.2) is 11.6 Å². The van der Waals surface area contributed by atoms with E-state index in [1.165, 1.54) is 41.5 Å². The van der Waals surface area contributed by atoms with Crippen LogP contribution in [0.1, 0.15) is 54.4 Å². The van der Waals surface area contributed by atoms with E-state index in [-0.39, 0.29) is 12.0 Å². The number of esters is 4. The molecule has 0 aromatic rings. The van der Waals surface area contributed by atoms with E-state index in [1.54, 1.807) is 0 Å². The molecule has 0 radical (unpaired) electrons. The number of carbonyl (C=O) groups is 6. The van der Waals surface area contributed by atoms with Crippen molar-refractivity contribution in [3.8, 4) is 0 Å². The molecule has 4 fully saturated rings. The minimum absolute atomic E-state index is 0.155. The molecule has 4 aliphatic rings. The number of ketones is 1. The molecule has 0 aromatic heterocycles. The standard InChI is InChI=1S/C29H38O14/c1-12(26(4,5)43-14(3)31)8-18(34)42-20-22-28-11-40-29(22,25(38)39-7)23(36)19(35)21(28)27(6,10-17(32)33)15(13(2)30)9-16(28)41-24(20)37/h8,15-16,19-23,35-36H,9-11H2,1-7H3,(H,32,33)/b12-8+/t15-,16+,19+,20+,21+,22+,23-,27-,28-,29-/m0/s1. The zero-order valence-corrected chi connectivity index (χ0v) is 25.1. The van der Waals surface area contributed by atoms with Crippen molar-refractivity contribution < 1.29 is 67.8 Å². The van der Waals surface area contributed by atoms with Gasteiger partial charge in [-0.15, -0.1) is 0 Å². The van der Waals surface area contributed by atoms with E-state index in [1.807, 2.05) is 0 Å². The highest BCUT2D eigenvalue weighted by molar-refractivity contribution is 5.90. The van der Waals surface area contributed by atoms with Gasteiger partial charge in [-0.1, -0.05) is 6.92 Å². The molecule has 10 atom stereocenters. The fourth-order valence-electron chi connectivity index (χ4n) is 8.28. The average Bonchev–Trinajstić information content (AvgIpc) is 3.18. The van der Waals surface area contributed by atoms with Gasteiger partial charge in [-0.05, 0) is 45.1 Å². The van der Waals surface area contributed by atoms with Crippen LogP contribution in [-0.4, -0.2) is 100 Å². The predicted octanol–water partition coefficient (Wildman–Crippen LogP) is 0.0977. The van der Waals surface area contributed by atoms with Gasteiger partial charge >= 0.3 is 29.8 Å². The summed E-state index contributed by atoms with van der Waals surface area (Å²) in [5.74, 6) is -9.39. The normalized spacial score (nSPS) is 40.1. The first-order valence-electron chi connectivity index (χ1n) is 13.9. The molecule has 3 N–H and O–H groups in total. The Morgan fingerprint density at radius 2 is 1.72 bits per heavy atom. The number of rotatable bonds is 8. The van der Waals surface area contributed by atoms with Crippen LogP contribution in [0.5, 0.6) is 0 Å². The summed E-state index contributed by atoms with van der Waals surface area (Å²) in [4.78, 5) is 76.7. The van der Waals surface area contributed by atoms with E-state index in [2.05, 4.69) is 0 Å². The Bertz CT molecular complexity index is 1290. The summed E-state index contributed by atoms with van der Waals surface area (Å²) >= 11 is 0. The van der Waals surface area contributed by atoms with Gasteiger partial charge in [-0.3, -0.25) is 14.4 Å². The second kappa shape index (κ2) is 10.7. The molecule has 4 rings (SSSR count). The van der Waals surface area contributed by atoms with E-state index in [0.29, 0.717) is 0 Å². The lowest BCUT2D eigenvalue weighted by molar-refractivity contribution is -0.290. The van der Waals surface area contributed by atoms with Gasteiger partial charge < -0.3 is 39.0 Å². The fourth-order valence-corrected chi connectivity index (χ4v) is 8.28. The first-order valence-corrected chi connectivity index (χ1v) is 13.9. The molecule has 14 nitrogen and oxygen atoms in total. The first kappa shape index (κ1) is 32.6. The zero-order valence-electron chi connectivity index (χ0n) is 25.1. The number of hydrogen-bond donors (Lipinski definition) is 3. The number of carbonyl (C=O) groups excluding carboxylic acids is 5. The molecule has 43 heavy (non-hydrogen) atoms. The molecule has 2 saturated carbocycles. The maximum Gasteiger partial charge on any atom is 0.348 e. The number of aliphatic carboxylic acids is 1. The molecule has 238 valence electrons. The predicted molar refractivity (Wildman–Crippen MR) is 141 cm³/mol. The van der Waals surface area contributed by atoms with Crippen molar-refractivity contribution in [2.45, 2.75) is 90.0 Å². The van der Waals surface area contributed by atoms with Crippen LogP contribution < -0.4 is 0 Å². The summed E-state index contributed by atoms with van der Waals surface area (Å²) in [5.41, 5.74) is -6.46. The minimum Gasteiger partial charge on any atom is -0.481 e. The highest BCUT2D eigenvalue weighted by atomic mass is 16.6. The topological polar surface area (TPSA) is 209 Å². The van der Waals surface area contributed by atoms with Crippen LogP contribution >= 0.6 is 0 Å². The van der Waals surface area contributed by atoms with Crippen LogP contribution in [0.25, 0.3) is 0 Å². The van der Waals surface area contributed by atoms with Crippen molar-refractivity contribution in [2.24, 2.45) is 28.6 Å². The van der Waals surface area contributed by atoms with Crippen molar-refractivity contribution >= 4 is 35.6 Å². The van der Waals surface area contributed by atoms with Gasteiger partial charge in [0.05, 0.1) is 32.2 Å². The molecule has 1 spiro atoms. The lowest BCUT2D eigenvalue weighted by Crippen LogP contribution is -2.79. The summed E-state index contributed by atoms with van der Waals surface area (Å²) in [6, 6.07) is 0. The summed E-state index contributed by atoms with van der Waals surface area (Å²) in [6.45, 7) is 8.11. The van der Waals surface area contributed by atoms with Gasteiger partial charge in [0.1, 0.15) is 23.6 Å². The minimum atomic E-state index is -2.41. The Kier molecular flexibility index (Phi) is 8.07. The van der Waals surface area contributed by atoms with Gasteiger partial charge in [-0.2, -0.15) is 0 Å². The first-order chi connectivity index (χ1) is 19.8. The number of Topliss-reactive ketones (excluding diaryl/α,β-unsaturated/α-hetero) is 1. The molecule has 2 heterocycles. The van der Waals surface area contributed by atoms with Gasteiger partial charge in [0.15, 0.2) is 0 Å². The third kappa shape index (κ3) is 4.65. The van der Waals surface area contributed by atoms with Crippen LogP contribution in [0.2, 0.25) is 0 Å². The maximum atomic E-state index is 13.6. The Hall–Kier alpha value is -3.36. The quantitative estimate of drug-likeness (QED) is 0.189. The van der Waals surface area contributed by atoms with E-state index < -0.39 is 113 Å². The average molecular weight is 611 g/mol. The van der Waals surface area contributed by atoms with Crippen molar-refractivity contribution in [1.82, 2.24) is 0 Å². The van der Waals surface area contributed by atoms with Crippen LogP contribution in [0.3, 0.4) is 0 Å². The largest absolute Gasteiger partial charge is 0.481 e. The summed E-state index contributed by atoms with van der Waals surface area (Å²) in [6.07, 6.45) is -6.71. The number of methoxy groups -OCH3 is 1. The number of aliphatic hydroxyl groups excluding tert-OH is 2. The lowest BCUT2D eigenvalue weighted by Gasteiger charge is -2.66. The van der Waals surface area contributed by atoms with E-state index in [4.69, 9.17) is 23.7 Å². The Morgan fingerprint density at radius 3 is 2.26 bits per heavy atom. The molecule has 2 aliphatic heterocycles. The van der Waals surface area contributed by atoms with Crippen molar-refractivity contribution in [3.05, 3.63) is 11.6 Å². The van der Waals surface area contributed by atoms with Crippen LogP contribution in [0, 0.1) is 28.6 Å². The highest BCUT2D eigenvalue weighted by Gasteiger charge is 2.85. The molecular formula is C29H38O14. The number of carboxylic acid groups (broad SMARTS) is 1. The van der Waals surface area contributed by atoms with Crippen molar-refractivity contribution in [3.63, 3.8) is 0 Å². The number of carboxylic acids is 1. The lowest BCUT2D eigenvalue weighted by atomic mass is 9.39. The molecule has 0 aromatic carbocycles. The summed E-state index contributed by atoms with van der Waals surface area (Å²) < 4.78 is 27.6. The van der Waals surface area contributed by atoms with E-state index >= 15 is 0 Å². The third-order valence-corrected chi connectivity index (χ3v) is 10.1. The Labute approximate surface area is 247 Å². The Morgan fingerprint density at radius 1 is 1.09 bits per heavy atom. The SMILES string of the molecule is COC(=O)[C@@]12OC[C@@]34[C@H]([C@@H](O)[C@@H]1O)[C@@](C)(CC(=O)O)[C@H](C(C)=O)C[C@H]3OC(=O)[C@H](OC(=O)/C=C(\C)C(C)(C)OC(C)=O)[C@@H]24. The van der Waals surface area contributed by atoms with Gasteiger partial charge in [0, 0.05) is 30.3 Å². The van der Waals surface area contributed by atoms with Crippen molar-refractivity contribution in [2.75, 3.05) is 13.7 Å². The zero-order chi connectivity index (χ0) is 32.4. The molecule has 0 amide bonds. The maximum absolute atomic E-state index is 13.6. The summed E-state index contributed by atoms with van der Waals surface area (Å²) in [5, 5.41) is 33.1. The number of hydrogen-bond acceptors (Lipinski definition) is 13. The van der Waals surface area contributed by atoms with Gasteiger partial charge in [-0.25, -0.2) is 14.4 Å². The molecular weight excluding hydrogens is 572 g/mol. The molecule has 14 heteroatoms. The van der Waals surface area contributed by atoms with Gasteiger partial charge in [0.25, 0.3) is 0 Å². The highest BCUT2D eigenvalue weighted by Crippen LogP contribution is 2.71. The number of aliphatic hydroxyl groups is 2. The molecule has 2 bridgehead atoms. The smallest absolute Gasteiger partial charge is 0.348 e. The molecule has 0 unspecified atom stereocenters. The Balaban J connectivity index is 1.89. The third-order valence-electron chi connectivity index (χ3n) is 10.1. The van der Waals surface area contributed by atoms with Crippen LogP contribution in [0.4, 0.5) is 0 Å².